The lowest BCUT2D eigenvalue weighted by Crippen LogP contribution is -2.46. The van der Waals surface area contributed by atoms with Crippen molar-refractivity contribution in [1.82, 2.24) is 9.80 Å². The number of nitrogens with zero attached hydrogens (tertiary/aromatic N) is 2. The van der Waals surface area contributed by atoms with E-state index in [1.807, 2.05) is 0 Å². The molecule has 0 aromatic rings. The molecule has 110 valence electrons. The Hall–Kier alpha value is -0.0800. The normalized spacial score (nSPS) is 33.2. The minimum absolute atomic E-state index is 0.890. The molecule has 0 radical (unpaired) electrons. The van der Waals surface area contributed by atoms with Crippen molar-refractivity contribution in [2.45, 2.75) is 82.7 Å². The quantitative estimate of drug-likeness (QED) is 0.713. The lowest BCUT2D eigenvalue weighted by atomic mass is 9.94. The molecule has 0 amide bonds. The van der Waals surface area contributed by atoms with Crippen LogP contribution in [-0.4, -0.2) is 48.1 Å². The molecule has 2 nitrogen and oxygen atoms in total. The van der Waals surface area contributed by atoms with E-state index in [2.05, 4.69) is 9.80 Å². The molecule has 3 aliphatic rings. The maximum Gasteiger partial charge on any atom is 0.0223 e. The summed E-state index contributed by atoms with van der Waals surface area (Å²) < 4.78 is 0. The van der Waals surface area contributed by atoms with Crippen LogP contribution in [0, 0.1) is 0 Å². The van der Waals surface area contributed by atoms with Gasteiger partial charge in [-0.05, 0) is 51.7 Å². The summed E-state index contributed by atoms with van der Waals surface area (Å²) in [7, 11) is 0. The van der Waals surface area contributed by atoms with E-state index in [-0.39, 0.29) is 0 Å². The van der Waals surface area contributed by atoms with Crippen LogP contribution in [0.15, 0.2) is 0 Å². The zero-order valence-corrected chi connectivity index (χ0v) is 12.7. The van der Waals surface area contributed by atoms with Gasteiger partial charge in [0, 0.05) is 18.6 Å². The molecule has 1 unspecified atom stereocenters. The fraction of sp³-hybridized carbons (Fsp3) is 1.00. The first-order chi connectivity index (χ1) is 9.43. The SMILES string of the molecule is C1CCCC(N2CCCN3CCCCC3C2)CCC1. The summed E-state index contributed by atoms with van der Waals surface area (Å²) in [6, 6.07) is 1.81. The molecule has 1 atom stereocenters. The first-order valence-corrected chi connectivity index (χ1v) is 8.91. The van der Waals surface area contributed by atoms with Gasteiger partial charge in [0.25, 0.3) is 0 Å². The summed E-state index contributed by atoms with van der Waals surface area (Å²) in [5.74, 6) is 0. The molecule has 2 aliphatic heterocycles. The van der Waals surface area contributed by atoms with Gasteiger partial charge in [0.2, 0.25) is 0 Å². The molecule has 0 aromatic carbocycles. The second kappa shape index (κ2) is 7.08. The number of piperidine rings is 1. The minimum Gasteiger partial charge on any atom is -0.299 e. The Labute approximate surface area is 119 Å². The smallest absolute Gasteiger partial charge is 0.0223 e. The third-order valence-electron chi connectivity index (χ3n) is 5.68. The van der Waals surface area contributed by atoms with Crippen LogP contribution in [0.3, 0.4) is 0 Å². The molecular weight excluding hydrogens is 232 g/mol. The van der Waals surface area contributed by atoms with Gasteiger partial charge in [0.05, 0.1) is 0 Å². The fourth-order valence-electron chi connectivity index (χ4n) is 4.53. The van der Waals surface area contributed by atoms with E-state index < -0.39 is 0 Å². The Bertz CT molecular complexity index is 258. The number of hydrogen-bond donors (Lipinski definition) is 0. The monoisotopic (exact) mass is 264 g/mol. The van der Waals surface area contributed by atoms with Crippen LogP contribution in [0.4, 0.5) is 0 Å². The first-order valence-electron chi connectivity index (χ1n) is 8.91. The van der Waals surface area contributed by atoms with E-state index >= 15 is 0 Å². The van der Waals surface area contributed by atoms with Crippen molar-refractivity contribution in [2.75, 3.05) is 26.2 Å². The van der Waals surface area contributed by atoms with Gasteiger partial charge < -0.3 is 0 Å². The molecule has 1 saturated carbocycles. The van der Waals surface area contributed by atoms with Crippen molar-refractivity contribution in [3.05, 3.63) is 0 Å². The second-order valence-electron chi connectivity index (χ2n) is 7.03. The highest BCUT2D eigenvalue weighted by Crippen LogP contribution is 2.26. The molecule has 3 fully saturated rings. The fourth-order valence-corrected chi connectivity index (χ4v) is 4.53. The van der Waals surface area contributed by atoms with Crippen LogP contribution in [0.2, 0.25) is 0 Å². The lowest BCUT2D eigenvalue weighted by molar-refractivity contribution is 0.110. The van der Waals surface area contributed by atoms with Gasteiger partial charge in [-0.1, -0.05) is 38.5 Å². The van der Waals surface area contributed by atoms with Gasteiger partial charge >= 0.3 is 0 Å². The molecule has 3 rings (SSSR count). The maximum absolute atomic E-state index is 2.89. The van der Waals surface area contributed by atoms with Crippen molar-refractivity contribution >= 4 is 0 Å². The molecule has 0 N–H and O–H groups in total. The summed E-state index contributed by atoms with van der Waals surface area (Å²) in [4.78, 5) is 5.69. The van der Waals surface area contributed by atoms with E-state index in [1.54, 1.807) is 0 Å². The van der Waals surface area contributed by atoms with Crippen molar-refractivity contribution in [1.29, 1.82) is 0 Å². The third kappa shape index (κ3) is 3.72. The van der Waals surface area contributed by atoms with Crippen LogP contribution >= 0.6 is 0 Å². The third-order valence-corrected chi connectivity index (χ3v) is 5.68. The molecular formula is C17H32N2. The van der Waals surface area contributed by atoms with Crippen LogP contribution in [0.25, 0.3) is 0 Å². The Morgan fingerprint density at radius 3 is 1.89 bits per heavy atom. The lowest BCUT2D eigenvalue weighted by Gasteiger charge is -2.38. The number of hydrogen-bond acceptors (Lipinski definition) is 2. The number of rotatable bonds is 1. The highest BCUT2D eigenvalue weighted by molar-refractivity contribution is 4.86. The van der Waals surface area contributed by atoms with Crippen LogP contribution in [0.1, 0.15) is 70.6 Å². The predicted molar refractivity (Wildman–Crippen MR) is 81.5 cm³/mol. The molecule has 0 aromatic heterocycles. The van der Waals surface area contributed by atoms with Gasteiger partial charge in [-0.25, -0.2) is 0 Å². The molecule has 2 heterocycles. The standard InChI is InChI=1S/C17H32N2/c1-2-4-9-16(10-5-3-1)19-14-8-13-18-12-7-6-11-17(18)15-19/h16-17H,1-15H2. The summed E-state index contributed by atoms with van der Waals surface area (Å²) in [6.45, 7) is 5.50. The van der Waals surface area contributed by atoms with Gasteiger partial charge in [0.1, 0.15) is 0 Å². The van der Waals surface area contributed by atoms with E-state index in [1.165, 1.54) is 96.8 Å². The van der Waals surface area contributed by atoms with Crippen molar-refractivity contribution < 1.29 is 0 Å². The van der Waals surface area contributed by atoms with Crippen molar-refractivity contribution in [2.24, 2.45) is 0 Å². The average molecular weight is 264 g/mol. The Morgan fingerprint density at radius 2 is 1.05 bits per heavy atom. The molecule has 2 heteroatoms. The first kappa shape index (κ1) is 13.9. The molecule has 0 bridgehead atoms. The van der Waals surface area contributed by atoms with Gasteiger partial charge in [0.15, 0.2) is 0 Å². The Kier molecular flexibility index (Phi) is 5.17. The zero-order chi connectivity index (χ0) is 12.9. The number of fused-ring (bicyclic) bond motifs is 1. The minimum atomic E-state index is 0.890. The molecule has 0 spiro atoms. The van der Waals surface area contributed by atoms with E-state index in [0.717, 1.165) is 12.1 Å². The van der Waals surface area contributed by atoms with Crippen LogP contribution in [-0.2, 0) is 0 Å². The van der Waals surface area contributed by atoms with Gasteiger partial charge in [-0.15, -0.1) is 0 Å². The van der Waals surface area contributed by atoms with Gasteiger partial charge in [-0.3, -0.25) is 9.80 Å². The van der Waals surface area contributed by atoms with Crippen LogP contribution < -0.4 is 0 Å². The second-order valence-corrected chi connectivity index (χ2v) is 7.03. The van der Waals surface area contributed by atoms with E-state index in [9.17, 15) is 0 Å². The zero-order valence-electron chi connectivity index (χ0n) is 12.7. The Morgan fingerprint density at radius 1 is 0.474 bits per heavy atom. The van der Waals surface area contributed by atoms with Gasteiger partial charge in [-0.2, -0.15) is 0 Å². The summed E-state index contributed by atoms with van der Waals surface area (Å²) >= 11 is 0. The van der Waals surface area contributed by atoms with E-state index in [0.29, 0.717) is 0 Å². The summed E-state index contributed by atoms with van der Waals surface area (Å²) in [5, 5.41) is 0. The highest BCUT2D eigenvalue weighted by Gasteiger charge is 2.29. The summed E-state index contributed by atoms with van der Waals surface area (Å²) in [5.41, 5.74) is 0. The van der Waals surface area contributed by atoms with Crippen molar-refractivity contribution in [3.63, 3.8) is 0 Å². The largest absolute Gasteiger partial charge is 0.299 e. The maximum atomic E-state index is 2.89. The molecule has 19 heavy (non-hydrogen) atoms. The highest BCUT2D eigenvalue weighted by atomic mass is 15.3. The van der Waals surface area contributed by atoms with Crippen LogP contribution in [0.5, 0.6) is 0 Å². The predicted octanol–water partition coefficient (Wildman–Crippen LogP) is 3.66. The topological polar surface area (TPSA) is 6.48 Å². The molecule has 2 saturated heterocycles. The van der Waals surface area contributed by atoms with Crippen molar-refractivity contribution in [3.8, 4) is 0 Å². The Balaban J connectivity index is 1.59. The average Bonchev–Trinajstić information content (AvgIpc) is 2.60. The van der Waals surface area contributed by atoms with E-state index in [4.69, 9.17) is 0 Å². The summed E-state index contributed by atoms with van der Waals surface area (Å²) in [6.07, 6.45) is 16.2. The molecule has 1 aliphatic carbocycles.